The molecule has 0 fully saturated rings. The number of nitrogens with one attached hydrogen (secondary N) is 1. The maximum absolute atomic E-state index is 5.96. The van der Waals surface area contributed by atoms with Crippen molar-refractivity contribution < 1.29 is 4.74 Å². The fourth-order valence-corrected chi connectivity index (χ4v) is 2.87. The van der Waals surface area contributed by atoms with E-state index < -0.39 is 0 Å². The predicted octanol–water partition coefficient (Wildman–Crippen LogP) is 4.72. The number of methoxy groups -OCH3 is 1. The highest BCUT2D eigenvalue weighted by Gasteiger charge is 2.10. The van der Waals surface area contributed by atoms with Crippen LogP contribution in [-0.4, -0.2) is 7.11 Å². The Morgan fingerprint density at radius 3 is 2.72 bits per heavy atom. The van der Waals surface area contributed by atoms with Gasteiger partial charge in [0.25, 0.3) is 0 Å². The molecule has 1 unspecified atom stereocenters. The van der Waals surface area contributed by atoms with E-state index in [1.54, 1.807) is 18.4 Å². The third-order valence-electron chi connectivity index (χ3n) is 2.71. The van der Waals surface area contributed by atoms with E-state index in [0.29, 0.717) is 6.61 Å². The first-order chi connectivity index (χ1) is 8.70. The van der Waals surface area contributed by atoms with Gasteiger partial charge in [-0.2, -0.15) is 0 Å². The van der Waals surface area contributed by atoms with Crippen LogP contribution in [0.4, 0.5) is 5.69 Å². The Morgan fingerprint density at radius 2 is 2.06 bits per heavy atom. The van der Waals surface area contributed by atoms with Crippen molar-refractivity contribution >= 4 is 28.6 Å². The maximum atomic E-state index is 5.96. The van der Waals surface area contributed by atoms with Crippen molar-refractivity contribution in [1.29, 1.82) is 0 Å². The molecule has 18 heavy (non-hydrogen) atoms. The zero-order valence-corrected chi connectivity index (χ0v) is 12.0. The highest BCUT2D eigenvalue weighted by atomic mass is 35.5. The molecular formula is C14H16ClNOS. The molecule has 1 heterocycles. The van der Waals surface area contributed by atoms with Crippen LogP contribution in [0.25, 0.3) is 0 Å². The number of hydrogen-bond donors (Lipinski definition) is 1. The lowest BCUT2D eigenvalue weighted by molar-refractivity contribution is 0.185. The van der Waals surface area contributed by atoms with E-state index in [1.807, 2.05) is 18.2 Å². The van der Waals surface area contributed by atoms with Crippen molar-refractivity contribution in [2.24, 2.45) is 0 Å². The van der Waals surface area contributed by atoms with E-state index in [-0.39, 0.29) is 6.04 Å². The lowest BCUT2D eigenvalue weighted by Gasteiger charge is -2.16. The number of halogens is 1. The van der Waals surface area contributed by atoms with Crippen LogP contribution in [0, 0.1) is 0 Å². The summed E-state index contributed by atoms with van der Waals surface area (Å²) in [7, 11) is 1.71. The van der Waals surface area contributed by atoms with Crippen LogP contribution in [0.2, 0.25) is 4.34 Å². The Labute approximate surface area is 117 Å². The van der Waals surface area contributed by atoms with Gasteiger partial charge in [-0.05, 0) is 25.1 Å². The van der Waals surface area contributed by atoms with Gasteiger partial charge in [0.2, 0.25) is 0 Å². The van der Waals surface area contributed by atoms with Gasteiger partial charge in [-0.3, -0.25) is 0 Å². The van der Waals surface area contributed by atoms with Crippen molar-refractivity contribution in [2.45, 2.75) is 19.6 Å². The molecule has 0 aliphatic heterocycles. The normalized spacial score (nSPS) is 12.4. The Balaban J connectivity index is 2.13. The molecule has 0 aliphatic rings. The molecule has 0 bridgehead atoms. The topological polar surface area (TPSA) is 21.3 Å². The first kappa shape index (κ1) is 13.4. The van der Waals surface area contributed by atoms with Gasteiger partial charge in [0.15, 0.2) is 0 Å². The molecule has 0 saturated heterocycles. The molecule has 1 aromatic heterocycles. The molecule has 1 aromatic carbocycles. The minimum absolute atomic E-state index is 0.237. The lowest BCUT2D eigenvalue weighted by atomic mass is 10.1. The van der Waals surface area contributed by atoms with E-state index in [2.05, 4.69) is 30.4 Å². The summed E-state index contributed by atoms with van der Waals surface area (Å²) in [6.07, 6.45) is 0. The quantitative estimate of drug-likeness (QED) is 0.856. The second-order valence-corrected chi connectivity index (χ2v) is 5.84. The van der Waals surface area contributed by atoms with E-state index >= 15 is 0 Å². The third-order valence-corrected chi connectivity index (χ3v) is 4.12. The molecule has 1 N–H and O–H groups in total. The molecule has 96 valence electrons. The number of rotatable bonds is 5. The number of para-hydroxylation sites is 1. The van der Waals surface area contributed by atoms with Gasteiger partial charge < -0.3 is 10.1 Å². The summed E-state index contributed by atoms with van der Waals surface area (Å²) in [5.41, 5.74) is 2.27. The highest BCUT2D eigenvalue weighted by Crippen LogP contribution is 2.29. The maximum Gasteiger partial charge on any atom is 0.0932 e. The van der Waals surface area contributed by atoms with Crippen LogP contribution in [0.5, 0.6) is 0 Å². The Hall–Kier alpha value is -1.03. The van der Waals surface area contributed by atoms with E-state index in [0.717, 1.165) is 15.6 Å². The minimum atomic E-state index is 0.237. The standard InChI is InChI=1S/C14H16ClNOS/c1-10(13-7-8-14(15)18-13)16-12-6-4-3-5-11(12)9-17-2/h3-8,10,16H,9H2,1-2H3. The van der Waals surface area contributed by atoms with Gasteiger partial charge in [0.05, 0.1) is 17.0 Å². The smallest absolute Gasteiger partial charge is 0.0932 e. The molecule has 0 radical (unpaired) electrons. The summed E-state index contributed by atoms with van der Waals surface area (Å²) in [6.45, 7) is 2.74. The Kier molecular flexibility index (Phi) is 4.64. The van der Waals surface area contributed by atoms with Gasteiger partial charge in [0, 0.05) is 23.2 Å². The molecule has 2 rings (SSSR count). The molecule has 0 saturated carbocycles. The van der Waals surface area contributed by atoms with Crippen LogP contribution < -0.4 is 5.32 Å². The third kappa shape index (κ3) is 3.25. The summed E-state index contributed by atoms with van der Waals surface area (Å²) < 4.78 is 6.02. The summed E-state index contributed by atoms with van der Waals surface area (Å²) in [5, 5.41) is 3.50. The van der Waals surface area contributed by atoms with Crippen molar-refractivity contribution in [3.05, 3.63) is 51.2 Å². The van der Waals surface area contributed by atoms with Crippen LogP contribution in [0.3, 0.4) is 0 Å². The Morgan fingerprint density at radius 1 is 1.28 bits per heavy atom. The number of ether oxygens (including phenoxy) is 1. The van der Waals surface area contributed by atoms with E-state index in [4.69, 9.17) is 16.3 Å². The monoisotopic (exact) mass is 281 g/mol. The fourth-order valence-electron chi connectivity index (χ4n) is 1.81. The lowest BCUT2D eigenvalue weighted by Crippen LogP contribution is -2.07. The van der Waals surface area contributed by atoms with Crippen LogP contribution in [-0.2, 0) is 11.3 Å². The molecule has 2 nitrogen and oxygen atoms in total. The zero-order valence-electron chi connectivity index (χ0n) is 10.4. The molecule has 0 spiro atoms. The average molecular weight is 282 g/mol. The van der Waals surface area contributed by atoms with Crippen LogP contribution in [0.1, 0.15) is 23.4 Å². The number of thiophene rings is 1. The number of benzene rings is 1. The molecule has 0 amide bonds. The molecule has 4 heteroatoms. The van der Waals surface area contributed by atoms with Gasteiger partial charge in [0.1, 0.15) is 0 Å². The Bertz CT molecular complexity index is 512. The molecule has 1 atom stereocenters. The van der Waals surface area contributed by atoms with Crippen molar-refractivity contribution in [1.82, 2.24) is 0 Å². The summed E-state index contributed by atoms with van der Waals surface area (Å²) >= 11 is 7.57. The average Bonchev–Trinajstić information content (AvgIpc) is 2.79. The number of hydrogen-bond acceptors (Lipinski definition) is 3. The molecule has 0 aliphatic carbocycles. The van der Waals surface area contributed by atoms with Crippen molar-refractivity contribution in [2.75, 3.05) is 12.4 Å². The fraction of sp³-hybridized carbons (Fsp3) is 0.286. The number of anilines is 1. The van der Waals surface area contributed by atoms with Gasteiger partial charge in [-0.25, -0.2) is 0 Å². The largest absolute Gasteiger partial charge is 0.380 e. The molecule has 2 aromatic rings. The first-order valence-electron chi connectivity index (χ1n) is 5.79. The van der Waals surface area contributed by atoms with Gasteiger partial charge in [-0.1, -0.05) is 29.8 Å². The van der Waals surface area contributed by atoms with Gasteiger partial charge in [-0.15, -0.1) is 11.3 Å². The van der Waals surface area contributed by atoms with Gasteiger partial charge >= 0.3 is 0 Å². The second kappa shape index (κ2) is 6.23. The van der Waals surface area contributed by atoms with Crippen LogP contribution >= 0.6 is 22.9 Å². The van der Waals surface area contributed by atoms with E-state index in [1.165, 1.54) is 4.88 Å². The summed E-state index contributed by atoms with van der Waals surface area (Å²) in [4.78, 5) is 1.23. The minimum Gasteiger partial charge on any atom is -0.380 e. The summed E-state index contributed by atoms with van der Waals surface area (Å²) in [5.74, 6) is 0. The SMILES string of the molecule is COCc1ccccc1NC(C)c1ccc(Cl)s1. The van der Waals surface area contributed by atoms with E-state index in [9.17, 15) is 0 Å². The summed E-state index contributed by atoms with van der Waals surface area (Å²) in [6, 6.07) is 12.4. The zero-order chi connectivity index (χ0) is 13.0. The van der Waals surface area contributed by atoms with Crippen LogP contribution in [0.15, 0.2) is 36.4 Å². The van der Waals surface area contributed by atoms with Crippen molar-refractivity contribution in [3.63, 3.8) is 0 Å². The highest BCUT2D eigenvalue weighted by molar-refractivity contribution is 7.16. The molecular weight excluding hydrogens is 266 g/mol. The predicted molar refractivity (Wildman–Crippen MR) is 78.5 cm³/mol. The second-order valence-electron chi connectivity index (χ2n) is 4.10. The first-order valence-corrected chi connectivity index (χ1v) is 6.98. The van der Waals surface area contributed by atoms with Crippen molar-refractivity contribution in [3.8, 4) is 0 Å².